The molecule has 0 spiro atoms. The second-order valence-electron chi connectivity index (χ2n) is 4.55. The van der Waals surface area contributed by atoms with E-state index in [4.69, 9.17) is 4.74 Å². The Hall–Kier alpha value is -1.55. The number of ether oxygens (including phenoxy) is 1. The van der Waals surface area contributed by atoms with E-state index in [9.17, 15) is 9.90 Å². The number of hydrogen-bond acceptors (Lipinski definition) is 3. The molecule has 0 saturated heterocycles. The number of carbonyl (C=O) groups is 1. The Bertz CT molecular complexity index is 429. The first-order chi connectivity index (χ1) is 8.09. The lowest BCUT2D eigenvalue weighted by Gasteiger charge is -2.16. The van der Waals surface area contributed by atoms with Crippen LogP contribution in [0.4, 0.5) is 0 Å². The minimum Gasteiger partial charge on any atom is -0.491 e. The molecule has 4 heteroatoms. The highest BCUT2D eigenvalue weighted by molar-refractivity contribution is 5.97. The van der Waals surface area contributed by atoms with Crippen molar-refractivity contribution in [3.63, 3.8) is 0 Å². The molecule has 0 aliphatic carbocycles. The number of fused-ring (bicyclic) bond motifs is 1. The highest BCUT2D eigenvalue weighted by Gasteiger charge is 2.19. The van der Waals surface area contributed by atoms with E-state index >= 15 is 0 Å². The lowest BCUT2D eigenvalue weighted by atomic mass is 9.97. The predicted octanol–water partition coefficient (Wildman–Crippen LogP) is 1.50. The van der Waals surface area contributed by atoms with Crippen LogP contribution in [0.3, 0.4) is 0 Å². The molecule has 2 N–H and O–H groups in total. The van der Waals surface area contributed by atoms with Gasteiger partial charge in [0, 0.05) is 0 Å². The van der Waals surface area contributed by atoms with E-state index in [0.29, 0.717) is 24.5 Å². The highest BCUT2D eigenvalue weighted by Crippen LogP contribution is 2.27. The average Bonchev–Trinajstić information content (AvgIpc) is 2.50. The van der Waals surface area contributed by atoms with E-state index in [-0.39, 0.29) is 11.8 Å². The molecule has 1 aromatic carbocycles. The Morgan fingerprint density at radius 3 is 2.88 bits per heavy atom. The molecule has 0 saturated carbocycles. The quantitative estimate of drug-likeness (QED) is 0.816. The predicted molar refractivity (Wildman–Crippen MR) is 64.1 cm³/mol. The SMILES string of the molecule is CC(C)C(O)c1ccc2c(c1)C(=O)NCCO2. The van der Waals surface area contributed by atoms with Gasteiger partial charge in [-0.1, -0.05) is 19.9 Å². The van der Waals surface area contributed by atoms with E-state index in [1.165, 1.54) is 0 Å². The molecule has 1 unspecified atom stereocenters. The summed E-state index contributed by atoms with van der Waals surface area (Å²) < 4.78 is 5.45. The Morgan fingerprint density at radius 2 is 2.18 bits per heavy atom. The third-order valence-corrected chi connectivity index (χ3v) is 2.87. The third-order valence-electron chi connectivity index (χ3n) is 2.87. The van der Waals surface area contributed by atoms with Gasteiger partial charge in [0.15, 0.2) is 0 Å². The summed E-state index contributed by atoms with van der Waals surface area (Å²) in [5.74, 6) is 0.554. The fraction of sp³-hybridized carbons (Fsp3) is 0.462. The summed E-state index contributed by atoms with van der Waals surface area (Å²) in [6.45, 7) is 4.86. The van der Waals surface area contributed by atoms with Gasteiger partial charge in [0.2, 0.25) is 0 Å². The number of nitrogens with one attached hydrogen (secondary N) is 1. The van der Waals surface area contributed by atoms with Gasteiger partial charge in [-0.05, 0) is 23.6 Å². The van der Waals surface area contributed by atoms with Crippen molar-refractivity contribution < 1.29 is 14.6 Å². The van der Waals surface area contributed by atoms with Crippen LogP contribution in [0.5, 0.6) is 5.75 Å². The molecule has 4 nitrogen and oxygen atoms in total. The first-order valence-corrected chi connectivity index (χ1v) is 5.82. The van der Waals surface area contributed by atoms with Crippen LogP contribution in [0.25, 0.3) is 0 Å². The Balaban J connectivity index is 2.38. The van der Waals surface area contributed by atoms with Crippen molar-refractivity contribution in [1.29, 1.82) is 0 Å². The molecule has 0 radical (unpaired) electrons. The Kier molecular flexibility index (Phi) is 3.33. The van der Waals surface area contributed by atoms with Gasteiger partial charge in [0.25, 0.3) is 5.91 Å². The smallest absolute Gasteiger partial charge is 0.255 e. The summed E-state index contributed by atoms with van der Waals surface area (Å²) in [5, 5.41) is 12.7. The molecule has 2 rings (SSSR count). The number of hydrogen-bond donors (Lipinski definition) is 2. The molecule has 0 fully saturated rings. The number of benzene rings is 1. The molecule has 1 aliphatic rings. The summed E-state index contributed by atoms with van der Waals surface area (Å²) in [6, 6.07) is 5.27. The van der Waals surface area contributed by atoms with Gasteiger partial charge >= 0.3 is 0 Å². The minimum absolute atomic E-state index is 0.114. The molecule has 1 atom stereocenters. The summed E-state index contributed by atoms with van der Waals surface area (Å²) >= 11 is 0. The number of amides is 1. The number of carbonyl (C=O) groups excluding carboxylic acids is 1. The maximum atomic E-state index is 11.8. The summed E-state index contributed by atoms with van der Waals surface area (Å²) in [7, 11) is 0. The largest absolute Gasteiger partial charge is 0.491 e. The third kappa shape index (κ3) is 2.42. The molecule has 0 bridgehead atoms. The topological polar surface area (TPSA) is 58.6 Å². The first kappa shape index (κ1) is 11.9. The number of rotatable bonds is 2. The van der Waals surface area contributed by atoms with Crippen LogP contribution in [0.1, 0.15) is 35.9 Å². The lowest BCUT2D eigenvalue weighted by molar-refractivity contribution is 0.0956. The van der Waals surface area contributed by atoms with Crippen LogP contribution in [0.2, 0.25) is 0 Å². The van der Waals surface area contributed by atoms with Crippen molar-refractivity contribution in [3.05, 3.63) is 29.3 Å². The van der Waals surface area contributed by atoms with Gasteiger partial charge in [0.1, 0.15) is 12.4 Å². The minimum atomic E-state index is -0.559. The normalized spacial score (nSPS) is 16.8. The van der Waals surface area contributed by atoms with Crippen LogP contribution in [0.15, 0.2) is 18.2 Å². The maximum Gasteiger partial charge on any atom is 0.255 e. The zero-order chi connectivity index (χ0) is 12.4. The van der Waals surface area contributed by atoms with Gasteiger partial charge in [-0.25, -0.2) is 0 Å². The first-order valence-electron chi connectivity index (χ1n) is 5.82. The van der Waals surface area contributed by atoms with Gasteiger partial charge in [-0.3, -0.25) is 4.79 Å². The molecule has 1 aromatic rings. The van der Waals surface area contributed by atoms with Crippen LogP contribution in [0, 0.1) is 5.92 Å². The van der Waals surface area contributed by atoms with Gasteiger partial charge < -0.3 is 15.2 Å². The van der Waals surface area contributed by atoms with E-state index in [0.717, 1.165) is 5.56 Å². The van der Waals surface area contributed by atoms with Gasteiger partial charge in [-0.2, -0.15) is 0 Å². The van der Waals surface area contributed by atoms with Gasteiger partial charge in [0.05, 0.1) is 18.2 Å². The number of aliphatic hydroxyl groups is 1. The van der Waals surface area contributed by atoms with E-state index < -0.39 is 6.10 Å². The molecular formula is C13H17NO3. The van der Waals surface area contributed by atoms with Crippen molar-refractivity contribution in [3.8, 4) is 5.75 Å². The van der Waals surface area contributed by atoms with E-state index in [2.05, 4.69) is 5.32 Å². The molecule has 17 heavy (non-hydrogen) atoms. The monoisotopic (exact) mass is 235 g/mol. The molecule has 1 aliphatic heterocycles. The fourth-order valence-corrected chi connectivity index (χ4v) is 1.84. The summed E-state index contributed by atoms with van der Waals surface area (Å²) in [6.07, 6.45) is -0.559. The zero-order valence-electron chi connectivity index (χ0n) is 10.1. The average molecular weight is 235 g/mol. The number of aliphatic hydroxyl groups excluding tert-OH is 1. The van der Waals surface area contributed by atoms with Crippen molar-refractivity contribution in [1.82, 2.24) is 5.32 Å². The Morgan fingerprint density at radius 1 is 1.41 bits per heavy atom. The lowest BCUT2D eigenvalue weighted by Crippen LogP contribution is -2.24. The van der Waals surface area contributed by atoms with E-state index in [1.807, 2.05) is 19.9 Å². The van der Waals surface area contributed by atoms with Crippen LogP contribution >= 0.6 is 0 Å². The van der Waals surface area contributed by atoms with Crippen molar-refractivity contribution in [2.45, 2.75) is 20.0 Å². The van der Waals surface area contributed by atoms with Crippen molar-refractivity contribution >= 4 is 5.91 Å². The molecular weight excluding hydrogens is 218 g/mol. The summed E-state index contributed by atoms with van der Waals surface area (Å²) in [5.41, 5.74) is 1.25. The second-order valence-corrected chi connectivity index (χ2v) is 4.55. The zero-order valence-corrected chi connectivity index (χ0v) is 10.1. The Labute approximate surface area is 101 Å². The van der Waals surface area contributed by atoms with E-state index in [1.54, 1.807) is 12.1 Å². The highest BCUT2D eigenvalue weighted by atomic mass is 16.5. The standard InChI is InChI=1S/C13H17NO3/c1-8(2)12(15)9-3-4-11-10(7-9)13(16)14-5-6-17-11/h3-4,7-8,12,15H,5-6H2,1-2H3,(H,14,16). The van der Waals surface area contributed by atoms with Crippen LogP contribution in [-0.2, 0) is 0 Å². The maximum absolute atomic E-state index is 11.8. The van der Waals surface area contributed by atoms with Crippen LogP contribution in [-0.4, -0.2) is 24.2 Å². The molecule has 1 amide bonds. The molecule has 0 aromatic heterocycles. The molecule has 1 heterocycles. The van der Waals surface area contributed by atoms with Crippen molar-refractivity contribution in [2.24, 2.45) is 5.92 Å². The summed E-state index contributed by atoms with van der Waals surface area (Å²) in [4.78, 5) is 11.8. The fourth-order valence-electron chi connectivity index (χ4n) is 1.84. The van der Waals surface area contributed by atoms with Crippen molar-refractivity contribution in [2.75, 3.05) is 13.2 Å². The second kappa shape index (κ2) is 4.75. The van der Waals surface area contributed by atoms with Crippen LogP contribution < -0.4 is 10.1 Å². The van der Waals surface area contributed by atoms with Gasteiger partial charge in [-0.15, -0.1) is 0 Å². The molecule has 92 valence electrons.